The highest BCUT2D eigenvalue weighted by Gasteiger charge is 2.12. The second kappa shape index (κ2) is 8.52. The molecule has 0 saturated carbocycles. The number of aliphatic hydroxyl groups is 2. The molecule has 8 nitrogen and oxygen atoms in total. The van der Waals surface area contributed by atoms with Crippen molar-refractivity contribution in [3.63, 3.8) is 0 Å². The van der Waals surface area contributed by atoms with Gasteiger partial charge in [-0.1, -0.05) is 6.07 Å². The van der Waals surface area contributed by atoms with E-state index in [1.807, 2.05) is 0 Å². The average Bonchev–Trinajstić information content (AvgIpc) is 3.13. The number of H-pyrrole nitrogens is 1. The number of nitrogens with one attached hydrogen (secondary N) is 2. The molecule has 1 atom stereocenters. The molecular formula is C19H21N3O5. The van der Waals surface area contributed by atoms with Crippen LogP contribution in [0.2, 0.25) is 0 Å². The van der Waals surface area contributed by atoms with Gasteiger partial charge in [0, 0.05) is 18.2 Å². The van der Waals surface area contributed by atoms with Crippen LogP contribution in [0.3, 0.4) is 0 Å². The Labute approximate surface area is 155 Å². The van der Waals surface area contributed by atoms with Crippen LogP contribution in [-0.4, -0.2) is 52.5 Å². The van der Waals surface area contributed by atoms with E-state index in [1.165, 1.54) is 0 Å². The fourth-order valence-electron chi connectivity index (χ4n) is 2.53. The minimum atomic E-state index is -0.864. The van der Waals surface area contributed by atoms with Gasteiger partial charge in [0.1, 0.15) is 36.6 Å². The normalized spacial score (nSPS) is 12.0. The Morgan fingerprint density at radius 3 is 2.85 bits per heavy atom. The van der Waals surface area contributed by atoms with Gasteiger partial charge in [0.25, 0.3) is 5.91 Å². The molecule has 1 aromatic heterocycles. The topological polar surface area (TPSA) is 117 Å². The second-order valence-electron chi connectivity index (χ2n) is 5.93. The van der Waals surface area contributed by atoms with Gasteiger partial charge in [-0.05, 0) is 30.3 Å². The van der Waals surface area contributed by atoms with Crippen molar-refractivity contribution in [2.45, 2.75) is 12.7 Å². The lowest BCUT2D eigenvalue weighted by atomic mass is 10.2. The number of rotatable bonds is 8. The number of fused-ring (bicyclic) bond motifs is 1. The summed E-state index contributed by atoms with van der Waals surface area (Å²) in [7, 11) is 1.56. The zero-order chi connectivity index (χ0) is 19.2. The van der Waals surface area contributed by atoms with Crippen molar-refractivity contribution in [1.29, 1.82) is 0 Å². The van der Waals surface area contributed by atoms with Crippen molar-refractivity contribution < 1.29 is 24.5 Å². The lowest BCUT2D eigenvalue weighted by molar-refractivity contribution is 0.0843. The minimum absolute atomic E-state index is 0.0346. The van der Waals surface area contributed by atoms with Crippen LogP contribution in [-0.2, 0) is 6.61 Å². The predicted molar refractivity (Wildman–Crippen MR) is 98.8 cm³/mol. The largest absolute Gasteiger partial charge is 0.497 e. The Morgan fingerprint density at radius 2 is 2.07 bits per heavy atom. The Bertz CT molecular complexity index is 925. The third-order valence-electron chi connectivity index (χ3n) is 3.92. The number of carbonyl (C=O) groups is 1. The fraction of sp³-hybridized carbons (Fsp3) is 0.263. The standard InChI is InChI=1S/C19H21N3O5/c1-26-14-3-2-4-15(8-14)27-11-13(24)9-20-19(25)12-5-6-16-17(7-12)22-18(10-23)21-16/h2-8,13,23-24H,9-11H2,1H3,(H,20,25)(H,21,22)/t13-/m0/s1. The van der Waals surface area contributed by atoms with Crippen LogP contribution in [0, 0.1) is 0 Å². The smallest absolute Gasteiger partial charge is 0.251 e. The van der Waals surface area contributed by atoms with Gasteiger partial charge in [-0.15, -0.1) is 0 Å². The molecule has 0 spiro atoms. The SMILES string of the molecule is COc1cccc(OC[C@@H](O)CNC(=O)c2ccc3nc(CO)[nH]c3c2)c1. The van der Waals surface area contributed by atoms with Crippen molar-refractivity contribution in [3.8, 4) is 11.5 Å². The number of benzene rings is 2. The average molecular weight is 371 g/mol. The van der Waals surface area contributed by atoms with Crippen molar-refractivity contribution in [1.82, 2.24) is 15.3 Å². The number of aromatic nitrogens is 2. The van der Waals surface area contributed by atoms with Crippen LogP contribution >= 0.6 is 0 Å². The molecule has 3 aromatic rings. The first-order valence-electron chi connectivity index (χ1n) is 8.41. The number of amides is 1. The van der Waals surface area contributed by atoms with Gasteiger partial charge in [0.05, 0.1) is 18.1 Å². The Kier molecular flexibility index (Phi) is 5.90. The lowest BCUT2D eigenvalue weighted by Gasteiger charge is -2.14. The van der Waals surface area contributed by atoms with Crippen LogP contribution in [0.15, 0.2) is 42.5 Å². The van der Waals surface area contributed by atoms with Crippen LogP contribution in [0.5, 0.6) is 11.5 Å². The van der Waals surface area contributed by atoms with E-state index in [-0.39, 0.29) is 25.7 Å². The van der Waals surface area contributed by atoms with E-state index in [2.05, 4.69) is 15.3 Å². The van der Waals surface area contributed by atoms with Crippen molar-refractivity contribution in [2.24, 2.45) is 0 Å². The molecule has 0 radical (unpaired) electrons. The van der Waals surface area contributed by atoms with Gasteiger partial charge in [-0.3, -0.25) is 4.79 Å². The van der Waals surface area contributed by atoms with Crippen LogP contribution < -0.4 is 14.8 Å². The fourth-order valence-corrected chi connectivity index (χ4v) is 2.53. The maximum Gasteiger partial charge on any atom is 0.251 e. The summed E-state index contributed by atoms with van der Waals surface area (Å²) in [5.74, 6) is 1.35. The van der Waals surface area contributed by atoms with E-state index in [9.17, 15) is 9.90 Å². The van der Waals surface area contributed by atoms with Gasteiger partial charge < -0.3 is 30.0 Å². The van der Waals surface area contributed by atoms with Crippen molar-refractivity contribution >= 4 is 16.9 Å². The summed E-state index contributed by atoms with van der Waals surface area (Å²) in [4.78, 5) is 19.4. The number of methoxy groups -OCH3 is 1. The molecule has 8 heteroatoms. The third-order valence-corrected chi connectivity index (χ3v) is 3.92. The number of nitrogens with zero attached hydrogens (tertiary/aromatic N) is 1. The summed E-state index contributed by atoms with van der Waals surface area (Å²) in [6, 6.07) is 12.0. The second-order valence-corrected chi connectivity index (χ2v) is 5.93. The zero-order valence-electron chi connectivity index (χ0n) is 14.8. The Hall–Kier alpha value is -3.10. The summed E-state index contributed by atoms with van der Waals surface area (Å²) in [5.41, 5.74) is 1.76. The van der Waals surface area contributed by atoms with Gasteiger partial charge in [0.15, 0.2) is 0 Å². The molecule has 0 fully saturated rings. The molecule has 0 aliphatic heterocycles. The van der Waals surface area contributed by atoms with Gasteiger partial charge in [-0.2, -0.15) is 0 Å². The first kappa shape index (κ1) is 18.7. The van der Waals surface area contributed by atoms with Crippen LogP contribution in [0.1, 0.15) is 16.2 Å². The Morgan fingerprint density at radius 1 is 1.26 bits per heavy atom. The molecule has 3 rings (SSSR count). The molecule has 1 amide bonds. The maximum atomic E-state index is 12.3. The number of hydrogen-bond acceptors (Lipinski definition) is 6. The molecule has 0 unspecified atom stereocenters. The van der Waals surface area contributed by atoms with E-state index in [1.54, 1.807) is 49.6 Å². The first-order valence-corrected chi connectivity index (χ1v) is 8.41. The number of imidazole rings is 1. The van der Waals surface area contributed by atoms with Crippen LogP contribution in [0.25, 0.3) is 11.0 Å². The molecule has 4 N–H and O–H groups in total. The van der Waals surface area contributed by atoms with Crippen LogP contribution in [0.4, 0.5) is 0 Å². The number of carbonyl (C=O) groups excluding carboxylic acids is 1. The van der Waals surface area contributed by atoms with Crippen molar-refractivity contribution in [3.05, 3.63) is 53.9 Å². The van der Waals surface area contributed by atoms with Gasteiger partial charge >= 0.3 is 0 Å². The quantitative estimate of drug-likeness (QED) is 0.473. The molecule has 1 heterocycles. The monoisotopic (exact) mass is 371 g/mol. The number of ether oxygens (including phenoxy) is 2. The van der Waals surface area contributed by atoms with E-state index < -0.39 is 6.10 Å². The highest BCUT2D eigenvalue weighted by Crippen LogP contribution is 2.19. The Balaban J connectivity index is 1.52. The van der Waals surface area contributed by atoms with E-state index in [0.29, 0.717) is 33.9 Å². The molecule has 0 saturated heterocycles. The van der Waals surface area contributed by atoms with E-state index >= 15 is 0 Å². The molecular weight excluding hydrogens is 350 g/mol. The highest BCUT2D eigenvalue weighted by atomic mass is 16.5. The summed E-state index contributed by atoms with van der Waals surface area (Å²) in [5, 5.41) is 21.8. The zero-order valence-corrected chi connectivity index (χ0v) is 14.8. The maximum absolute atomic E-state index is 12.3. The summed E-state index contributed by atoms with van der Waals surface area (Å²) in [6.07, 6.45) is -0.864. The molecule has 0 aliphatic rings. The van der Waals surface area contributed by atoms with Gasteiger partial charge in [-0.25, -0.2) is 4.98 Å². The number of hydrogen-bond donors (Lipinski definition) is 4. The predicted octanol–water partition coefficient (Wildman–Crippen LogP) is 1.23. The van der Waals surface area contributed by atoms with E-state index in [0.717, 1.165) is 0 Å². The van der Waals surface area contributed by atoms with Gasteiger partial charge in [0.2, 0.25) is 0 Å². The third kappa shape index (κ3) is 4.75. The molecule has 2 aromatic carbocycles. The number of aromatic amines is 1. The van der Waals surface area contributed by atoms with E-state index in [4.69, 9.17) is 14.6 Å². The number of aliphatic hydroxyl groups excluding tert-OH is 2. The lowest BCUT2D eigenvalue weighted by Crippen LogP contribution is -2.35. The summed E-state index contributed by atoms with van der Waals surface area (Å²) >= 11 is 0. The molecule has 0 aliphatic carbocycles. The molecule has 142 valence electrons. The molecule has 27 heavy (non-hydrogen) atoms. The first-order chi connectivity index (χ1) is 13.1. The van der Waals surface area contributed by atoms with Crippen molar-refractivity contribution in [2.75, 3.05) is 20.3 Å². The molecule has 0 bridgehead atoms. The summed E-state index contributed by atoms with van der Waals surface area (Å²) < 4.78 is 10.6. The summed E-state index contributed by atoms with van der Waals surface area (Å²) in [6.45, 7) is -0.117. The minimum Gasteiger partial charge on any atom is -0.497 e. The highest BCUT2D eigenvalue weighted by molar-refractivity contribution is 5.97.